The quantitative estimate of drug-likeness (QED) is 0.226. The van der Waals surface area contributed by atoms with E-state index in [0.29, 0.717) is 53.4 Å². The molecule has 3 aromatic heterocycles. The van der Waals surface area contributed by atoms with E-state index >= 15 is 0 Å². The van der Waals surface area contributed by atoms with Gasteiger partial charge in [0.1, 0.15) is 17.1 Å². The molecule has 2 N–H and O–H groups in total. The van der Waals surface area contributed by atoms with E-state index in [-0.39, 0.29) is 33.6 Å². The van der Waals surface area contributed by atoms with Gasteiger partial charge in [-0.3, -0.25) is 4.40 Å². The number of anilines is 1. The number of imidazole rings is 1. The largest absolute Gasteiger partial charge is 0.506 e. The highest BCUT2D eigenvalue weighted by Crippen LogP contribution is 2.47. The number of pyridine rings is 1. The van der Waals surface area contributed by atoms with Gasteiger partial charge in [0.05, 0.1) is 35.8 Å². The van der Waals surface area contributed by atoms with E-state index in [9.17, 15) is 5.11 Å². The highest BCUT2D eigenvalue weighted by atomic mass is 35.5. The summed E-state index contributed by atoms with van der Waals surface area (Å²) in [6.45, 7) is 0.907. The Morgan fingerprint density at radius 3 is 2.94 bits per heavy atom. The zero-order valence-electron chi connectivity index (χ0n) is 17.8. The number of ether oxygens (including phenoxy) is 2. The maximum absolute atomic E-state index is 10.3. The first-order valence-electron chi connectivity index (χ1n) is 10.3. The van der Waals surface area contributed by atoms with Gasteiger partial charge in [0, 0.05) is 52.7 Å². The van der Waals surface area contributed by atoms with Gasteiger partial charge in [-0.15, -0.1) is 0 Å². The van der Waals surface area contributed by atoms with Crippen molar-refractivity contribution in [2.75, 3.05) is 25.6 Å². The molecule has 1 saturated heterocycles. The molecule has 174 valence electrons. The highest BCUT2D eigenvalue weighted by molar-refractivity contribution is 6.41. The van der Waals surface area contributed by atoms with Crippen LogP contribution in [-0.4, -0.2) is 56.9 Å². The predicted octanol–water partition coefficient (Wildman–Crippen LogP) is 4.85. The van der Waals surface area contributed by atoms with E-state index in [2.05, 4.69) is 30.3 Å². The number of hydrogen-bond donors (Lipinski definition) is 2. The first-order chi connectivity index (χ1) is 16.5. The number of aromatic hydroxyl groups is 1. The summed E-state index contributed by atoms with van der Waals surface area (Å²) in [4.78, 5) is 16.5. The van der Waals surface area contributed by atoms with Crippen molar-refractivity contribution in [2.45, 2.75) is 18.5 Å². The Labute approximate surface area is 202 Å². The van der Waals surface area contributed by atoms with Crippen LogP contribution >= 0.6 is 23.2 Å². The number of nitrogens with one attached hydrogen (secondary N) is 1. The summed E-state index contributed by atoms with van der Waals surface area (Å²) < 4.78 is 12.6. The van der Waals surface area contributed by atoms with Gasteiger partial charge in [0.15, 0.2) is 5.65 Å². The van der Waals surface area contributed by atoms with Crippen molar-refractivity contribution in [2.24, 2.45) is 5.11 Å². The number of azide groups is 1. The summed E-state index contributed by atoms with van der Waals surface area (Å²) >= 11 is 13.0. The lowest BCUT2D eigenvalue weighted by atomic mass is 10.0. The molecule has 0 aliphatic carbocycles. The van der Waals surface area contributed by atoms with Gasteiger partial charge in [0.2, 0.25) is 5.95 Å². The van der Waals surface area contributed by atoms with Crippen LogP contribution in [0.4, 0.5) is 5.95 Å². The third-order valence-corrected chi connectivity index (χ3v) is 6.43. The zero-order valence-corrected chi connectivity index (χ0v) is 19.3. The van der Waals surface area contributed by atoms with Gasteiger partial charge in [-0.1, -0.05) is 28.3 Å². The number of halogens is 2. The number of aromatic nitrogens is 4. The molecule has 1 fully saturated rings. The highest BCUT2D eigenvalue weighted by Gasteiger charge is 2.26. The van der Waals surface area contributed by atoms with Crippen LogP contribution in [0.2, 0.25) is 10.0 Å². The van der Waals surface area contributed by atoms with Crippen LogP contribution in [0.15, 0.2) is 35.8 Å². The molecule has 1 aromatic carbocycles. The maximum Gasteiger partial charge on any atom is 0.224 e. The minimum absolute atomic E-state index is 0.0793. The van der Waals surface area contributed by atoms with E-state index in [1.54, 1.807) is 29.1 Å². The molecule has 0 saturated carbocycles. The number of phenolic OH excluding ortho intramolecular Hbond substituents is 1. The second-order valence-corrected chi connectivity index (χ2v) is 8.39. The molecule has 0 bridgehead atoms. The molecule has 4 heterocycles. The van der Waals surface area contributed by atoms with E-state index in [4.69, 9.17) is 38.2 Å². The summed E-state index contributed by atoms with van der Waals surface area (Å²) in [7, 11) is 1.45. The number of nitrogens with zero attached hydrogens (tertiary/aromatic N) is 7. The monoisotopic (exact) mass is 500 g/mol. The van der Waals surface area contributed by atoms with Gasteiger partial charge >= 0.3 is 0 Å². The fourth-order valence-corrected chi connectivity index (χ4v) is 4.67. The topological polar surface area (TPSA) is 143 Å². The van der Waals surface area contributed by atoms with Crippen molar-refractivity contribution in [1.29, 1.82) is 0 Å². The van der Waals surface area contributed by atoms with Crippen LogP contribution in [0.1, 0.15) is 6.42 Å². The molecular formula is C21H18Cl2N8O3. The number of hydrogen-bond acceptors (Lipinski definition) is 8. The minimum atomic E-state index is -0.265. The Balaban J connectivity index is 1.63. The Kier molecular flexibility index (Phi) is 5.93. The number of benzene rings is 1. The third-order valence-electron chi connectivity index (χ3n) is 5.68. The number of rotatable bonds is 5. The molecule has 1 aliphatic rings. The number of phenols is 1. The van der Waals surface area contributed by atoms with E-state index in [1.807, 2.05) is 0 Å². The molecule has 0 amide bonds. The van der Waals surface area contributed by atoms with Crippen molar-refractivity contribution < 1.29 is 14.6 Å². The lowest BCUT2D eigenvalue weighted by Crippen LogP contribution is -2.41. The predicted molar refractivity (Wildman–Crippen MR) is 128 cm³/mol. The van der Waals surface area contributed by atoms with Crippen LogP contribution < -0.4 is 10.1 Å². The summed E-state index contributed by atoms with van der Waals surface area (Å²) in [5.74, 6) is 0.477. The first-order valence-corrected chi connectivity index (χ1v) is 11.0. The maximum atomic E-state index is 10.3. The lowest BCUT2D eigenvalue weighted by molar-refractivity contribution is 0.0767. The van der Waals surface area contributed by atoms with Gasteiger partial charge < -0.3 is 19.9 Å². The van der Waals surface area contributed by atoms with Crippen LogP contribution in [0.3, 0.4) is 0 Å². The molecule has 2 atom stereocenters. The first kappa shape index (κ1) is 22.3. The van der Waals surface area contributed by atoms with Gasteiger partial charge in [-0.2, -0.15) is 4.98 Å². The molecule has 0 unspecified atom stereocenters. The van der Waals surface area contributed by atoms with E-state index in [0.717, 1.165) is 0 Å². The Morgan fingerprint density at radius 2 is 2.15 bits per heavy atom. The van der Waals surface area contributed by atoms with Gasteiger partial charge in [-0.25, -0.2) is 9.97 Å². The normalized spacial score (nSPS) is 18.1. The molecule has 5 rings (SSSR count). The molecule has 0 radical (unpaired) electrons. The summed E-state index contributed by atoms with van der Waals surface area (Å²) in [5, 5.41) is 18.4. The molecule has 11 nitrogen and oxygen atoms in total. The van der Waals surface area contributed by atoms with Crippen LogP contribution in [0, 0.1) is 0 Å². The van der Waals surface area contributed by atoms with Crippen molar-refractivity contribution in [1.82, 2.24) is 19.4 Å². The standard InChI is InChI=1S/C21H18Cl2N8O3/c1-33-15-7-14(32)17(22)16(18(15)23)11-6-10-8-26-21(28-19(10)31-4-3-25-20(11)31)27-13-9-34-5-2-12(13)29-30-24/h3-4,6-8,12-13,32H,2,5,9H2,1H3,(H,26,27,28)/t12-,13+/m0/s1. The molecular weight excluding hydrogens is 483 g/mol. The Morgan fingerprint density at radius 1 is 1.29 bits per heavy atom. The zero-order chi connectivity index (χ0) is 23.8. The van der Waals surface area contributed by atoms with Gasteiger partial charge in [0.25, 0.3) is 0 Å². The Bertz CT molecular complexity index is 1450. The SMILES string of the molecule is COc1cc(O)c(Cl)c(-c2cc3cnc(N[C@@H]4COCC[C@@H]4N=[N+]=[N-])nc3n3ccnc23)c1Cl. The van der Waals surface area contributed by atoms with Crippen LogP contribution in [0.25, 0.3) is 38.3 Å². The minimum Gasteiger partial charge on any atom is -0.506 e. The second-order valence-electron chi connectivity index (χ2n) is 7.64. The fourth-order valence-electron chi connectivity index (χ4n) is 4.04. The molecule has 1 aliphatic heterocycles. The van der Waals surface area contributed by atoms with Crippen molar-refractivity contribution in [3.05, 3.63) is 51.2 Å². The average molecular weight is 501 g/mol. The van der Waals surface area contributed by atoms with Crippen molar-refractivity contribution >= 4 is 45.8 Å². The number of methoxy groups -OCH3 is 1. The molecule has 34 heavy (non-hydrogen) atoms. The fraction of sp³-hybridized carbons (Fsp3) is 0.286. The van der Waals surface area contributed by atoms with Crippen molar-refractivity contribution in [3.8, 4) is 22.6 Å². The van der Waals surface area contributed by atoms with E-state index in [1.165, 1.54) is 13.2 Å². The molecule has 4 aromatic rings. The van der Waals surface area contributed by atoms with Gasteiger partial charge in [-0.05, 0) is 18.0 Å². The van der Waals surface area contributed by atoms with Crippen LogP contribution in [0.5, 0.6) is 11.5 Å². The van der Waals surface area contributed by atoms with Crippen molar-refractivity contribution in [3.63, 3.8) is 0 Å². The number of fused-ring (bicyclic) bond motifs is 3. The third kappa shape index (κ3) is 3.78. The summed E-state index contributed by atoms with van der Waals surface area (Å²) in [6.07, 6.45) is 5.65. The Hall–Kier alpha value is -3.50. The second kappa shape index (κ2) is 9.03. The smallest absolute Gasteiger partial charge is 0.224 e. The summed E-state index contributed by atoms with van der Waals surface area (Å²) in [5.41, 5.74) is 10.9. The lowest BCUT2D eigenvalue weighted by Gasteiger charge is -2.28. The average Bonchev–Trinajstić information content (AvgIpc) is 3.34. The van der Waals surface area contributed by atoms with Crippen LogP contribution in [-0.2, 0) is 4.74 Å². The molecule has 13 heteroatoms. The van der Waals surface area contributed by atoms with E-state index < -0.39 is 0 Å². The summed E-state index contributed by atoms with van der Waals surface area (Å²) in [6, 6.07) is 2.65. The molecule has 0 spiro atoms.